The lowest BCUT2D eigenvalue weighted by atomic mass is 10.0. The zero-order valence-corrected chi connectivity index (χ0v) is 39.1. The minimum Gasteiger partial charge on any atom is -0.462 e. The molecule has 1 amide bonds. The minimum atomic E-state index is -0.792. The van der Waals surface area contributed by atoms with E-state index in [1.165, 1.54) is 116 Å². The summed E-state index contributed by atoms with van der Waals surface area (Å²) in [4.78, 5) is 26.0. The molecule has 3 atom stereocenters. The lowest BCUT2D eigenvalue weighted by molar-refractivity contribution is -0.151. The number of hydrogen-bond acceptors (Lipinski definition) is 5. The van der Waals surface area contributed by atoms with Gasteiger partial charge in [-0.15, -0.1) is 0 Å². The van der Waals surface area contributed by atoms with Gasteiger partial charge in [0, 0.05) is 6.42 Å². The molecule has 0 saturated carbocycles. The number of ether oxygens (including phenoxy) is 1. The molecule has 0 fully saturated rings. The van der Waals surface area contributed by atoms with Crippen molar-refractivity contribution in [2.45, 2.75) is 270 Å². The molecule has 0 aliphatic rings. The van der Waals surface area contributed by atoms with Crippen LogP contribution in [-0.4, -0.2) is 46.9 Å². The molecule has 0 saturated heterocycles. The summed E-state index contributed by atoms with van der Waals surface area (Å²) in [5, 5.41) is 23.7. The second-order valence-electron chi connectivity index (χ2n) is 17.2. The average molecular weight is 828 g/mol. The van der Waals surface area contributed by atoms with Gasteiger partial charge in [-0.2, -0.15) is 0 Å². The molecule has 0 spiro atoms. The molecule has 3 unspecified atom stereocenters. The summed E-state index contributed by atoms with van der Waals surface area (Å²) in [6.07, 6.45) is 56.0. The average Bonchev–Trinajstić information content (AvgIpc) is 3.23. The van der Waals surface area contributed by atoms with E-state index >= 15 is 0 Å². The van der Waals surface area contributed by atoms with Crippen molar-refractivity contribution in [3.05, 3.63) is 48.6 Å². The van der Waals surface area contributed by atoms with Gasteiger partial charge in [0.1, 0.15) is 6.10 Å². The van der Waals surface area contributed by atoms with Crippen LogP contribution in [0.1, 0.15) is 252 Å². The highest BCUT2D eigenvalue weighted by Gasteiger charge is 2.24. The number of carbonyl (C=O) groups excluding carboxylic acids is 2. The van der Waals surface area contributed by atoms with Gasteiger partial charge in [-0.3, -0.25) is 9.59 Å². The summed E-state index contributed by atoms with van der Waals surface area (Å²) >= 11 is 0. The molecule has 6 nitrogen and oxygen atoms in total. The van der Waals surface area contributed by atoms with Crippen LogP contribution in [0.15, 0.2) is 48.6 Å². The van der Waals surface area contributed by atoms with Crippen molar-refractivity contribution in [2.24, 2.45) is 0 Å². The Hall–Kier alpha value is -2.18. The van der Waals surface area contributed by atoms with E-state index < -0.39 is 18.2 Å². The van der Waals surface area contributed by atoms with E-state index in [2.05, 4.69) is 74.7 Å². The smallest absolute Gasteiger partial charge is 0.306 e. The maximum absolute atomic E-state index is 13.1. The van der Waals surface area contributed by atoms with Gasteiger partial charge in [-0.05, 0) is 83.5 Å². The first-order chi connectivity index (χ1) is 29.0. The van der Waals surface area contributed by atoms with E-state index in [0.29, 0.717) is 19.3 Å². The largest absolute Gasteiger partial charge is 0.462 e. The van der Waals surface area contributed by atoms with E-state index in [-0.39, 0.29) is 24.9 Å². The van der Waals surface area contributed by atoms with Gasteiger partial charge in [-0.25, -0.2) is 0 Å². The highest BCUT2D eigenvalue weighted by Crippen LogP contribution is 2.17. The number of rotatable bonds is 45. The first-order valence-electron chi connectivity index (χ1n) is 25.4. The SMILES string of the molecule is CCCC/C=C\CCCCCC(CC(=O)NC(CO)C(O)CCCCCCCCCCCCCC)OC(=O)CCCCCCCC/C=C\C/C=C\C/C=C\CCCCC. The third-order valence-electron chi connectivity index (χ3n) is 11.4. The molecule has 0 bridgehead atoms. The Balaban J connectivity index is 4.48. The zero-order chi connectivity index (χ0) is 43.1. The van der Waals surface area contributed by atoms with Crippen LogP contribution in [0, 0.1) is 0 Å². The fourth-order valence-corrected chi connectivity index (χ4v) is 7.48. The molecular formula is C53H97NO5. The molecule has 0 rings (SSSR count). The summed E-state index contributed by atoms with van der Waals surface area (Å²) < 4.78 is 5.90. The van der Waals surface area contributed by atoms with Gasteiger partial charge in [0.05, 0.1) is 25.2 Å². The summed E-state index contributed by atoms with van der Waals surface area (Å²) in [5.74, 6) is -0.503. The minimum absolute atomic E-state index is 0.0613. The van der Waals surface area contributed by atoms with Crippen molar-refractivity contribution in [1.82, 2.24) is 5.32 Å². The lowest BCUT2D eigenvalue weighted by Gasteiger charge is -2.24. The van der Waals surface area contributed by atoms with Crippen LogP contribution < -0.4 is 5.32 Å². The Kier molecular flexibility index (Phi) is 45.1. The molecule has 6 heteroatoms. The summed E-state index contributed by atoms with van der Waals surface area (Å²) in [6, 6.07) is -0.707. The van der Waals surface area contributed by atoms with E-state index in [9.17, 15) is 19.8 Å². The summed E-state index contributed by atoms with van der Waals surface area (Å²) in [7, 11) is 0. The first kappa shape index (κ1) is 56.8. The van der Waals surface area contributed by atoms with E-state index in [1.807, 2.05) is 0 Å². The first-order valence-corrected chi connectivity index (χ1v) is 25.4. The van der Waals surface area contributed by atoms with Gasteiger partial charge in [0.25, 0.3) is 0 Å². The topological polar surface area (TPSA) is 95.9 Å². The Morgan fingerprint density at radius 1 is 0.492 bits per heavy atom. The summed E-state index contributed by atoms with van der Waals surface area (Å²) in [5.41, 5.74) is 0. The number of aliphatic hydroxyl groups excluding tert-OH is 2. The number of hydrogen-bond donors (Lipinski definition) is 3. The monoisotopic (exact) mass is 828 g/mol. The molecule has 0 aliphatic carbocycles. The number of amides is 1. The molecule has 0 aromatic carbocycles. The highest BCUT2D eigenvalue weighted by atomic mass is 16.5. The fraction of sp³-hybridized carbons (Fsp3) is 0.811. The molecule has 3 N–H and O–H groups in total. The Bertz CT molecular complexity index is 1020. The van der Waals surface area contributed by atoms with Crippen molar-refractivity contribution in [3.8, 4) is 0 Å². The van der Waals surface area contributed by atoms with Gasteiger partial charge in [-0.1, -0.05) is 204 Å². The summed E-state index contributed by atoms with van der Waals surface area (Å²) in [6.45, 7) is 6.40. The number of carbonyl (C=O) groups is 2. The van der Waals surface area contributed by atoms with Crippen LogP contribution >= 0.6 is 0 Å². The molecule has 0 aromatic rings. The molecule has 0 aromatic heterocycles. The Morgan fingerprint density at radius 3 is 1.42 bits per heavy atom. The van der Waals surface area contributed by atoms with Crippen molar-refractivity contribution in [1.29, 1.82) is 0 Å². The predicted octanol–water partition coefficient (Wildman–Crippen LogP) is 15.1. The molecule has 344 valence electrons. The van der Waals surface area contributed by atoms with Crippen LogP contribution in [0.3, 0.4) is 0 Å². The Morgan fingerprint density at radius 2 is 0.881 bits per heavy atom. The molecular weight excluding hydrogens is 731 g/mol. The third-order valence-corrected chi connectivity index (χ3v) is 11.4. The van der Waals surface area contributed by atoms with Crippen LogP contribution in [-0.2, 0) is 14.3 Å². The van der Waals surface area contributed by atoms with Crippen molar-refractivity contribution in [2.75, 3.05) is 6.61 Å². The van der Waals surface area contributed by atoms with Gasteiger partial charge >= 0.3 is 5.97 Å². The predicted molar refractivity (Wildman–Crippen MR) is 255 cm³/mol. The molecule has 0 aliphatic heterocycles. The standard InChI is InChI=1S/C53H97NO5/c1-4-7-10-13-16-19-21-23-24-25-26-27-28-29-31-34-37-40-43-46-53(58)59-49(44-41-38-35-32-18-15-12-9-6-3)47-52(57)54-50(48-55)51(56)45-42-39-36-33-30-22-20-17-14-11-8-5-2/h15-16,18-19,23-24,26-27,49-51,55-56H,4-14,17,20-22,25,28-48H2,1-3H3,(H,54,57)/b18-15-,19-16-,24-23-,27-26-. The maximum atomic E-state index is 13.1. The van der Waals surface area contributed by atoms with Crippen molar-refractivity contribution < 1.29 is 24.5 Å². The van der Waals surface area contributed by atoms with Crippen LogP contribution in [0.25, 0.3) is 0 Å². The normalized spacial score (nSPS) is 13.6. The van der Waals surface area contributed by atoms with Crippen LogP contribution in [0.4, 0.5) is 0 Å². The Labute approximate surface area is 366 Å². The second-order valence-corrected chi connectivity index (χ2v) is 17.2. The van der Waals surface area contributed by atoms with Crippen LogP contribution in [0.5, 0.6) is 0 Å². The fourth-order valence-electron chi connectivity index (χ4n) is 7.48. The van der Waals surface area contributed by atoms with Crippen LogP contribution in [0.2, 0.25) is 0 Å². The quantitative estimate of drug-likeness (QED) is 0.0323. The van der Waals surface area contributed by atoms with Gasteiger partial charge < -0.3 is 20.3 Å². The van der Waals surface area contributed by atoms with Crippen molar-refractivity contribution >= 4 is 11.9 Å². The number of esters is 1. The third kappa shape index (κ3) is 42.3. The number of nitrogens with one attached hydrogen (secondary N) is 1. The molecule has 0 heterocycles. The number of allylic oxidation sites excluding steroid dienone is 8. The van der Waals surface area contributed by atoms with Gasteiger partial charge in [0.15, 0.2) is 0 Å². The van der Waals surface area contributed by atoms with E-state index in [4.69, 9.17) is 4.74 Å². The lowest BCUT2D eigenvalue weighted by Crippen LogP contribution is -2.46. The van der Waals surface area contributed by atoms with Gasteiger partial charge in [0.2, 0.25) is 5.91 Å². The molecule has 59 heavy (non-hydrogen) atoms. The van der Waals surface area contributed by atoms with E-state index in [1.54, 1.807) is 0 Å². The number of unbranched alkanes of at least 4 members (excludes halogenated alkanes) is 25. The highest BCUT2D eigenvalue weighted by molar-refractivity contribution is 5.77. The zero-order valence-electron chi connectivity index (χ0n) is 39.1. The number of aliphatic hydroxyl groups is 2. The van der Waals surface area contributed by atoms with Crippen molar-refractivity contribution in [3.63, 3.8) is 0 Å². The van der Waals surface area contributed by atoms with E-state index in [0.717, 1.165) is 89.9 Å². The maximum Gasteiger partial charge on any atom is 0.306 e. The molecule has 0 radical (unpaired) electrons. The second kappa shape index (κ2) is 46.9.